The Bertz CT molecular complexity index is 436. The molecule has 6 heteroatoms. The van der Waals surface area contributed by atoms with Crippen LogP contribution in [0, 0.1) is 0 Å². The summed E-state index contributed by atoms with van der Waals surface area (Å²) in [5, 5.41) is 0.494. The Morgan fingerprint density at radius 3 is 2.92 bits per heavy atom. The number of aryl methyl sites for hydroxylation is 1. The second-order valence-electron chi connectivity index (χ2n) is 2.37. The third-order valence-electron chi connectivity index (χ3n) is 1.56. The van der Waals surface area contributed by atoms with Crippen molar-refractivity contribution in [1.82, 2.24) is 15.0 Å². The van der Waals surface area contributed by atoms with Gasteiger partial charge in [-0.15, -0.1) is 0 Å². The molecule has 62 valence electrons. The lowest BCUT2D eigenvalue weighted by molar-refractivity contribution is -0.646. The Labute approximate surface area is 78.2 Å². The van der Waals surface area contributed by atoms with E-state index < -0.39 is 0 Å². The minimum atomic E-state index is 0.155. The van der Waals surface area contributed by atoms with Crippen molar-refractivity contribution in [2.75, 3.05) is 0 Å². The van der Waals surface area contributed by atoms with Crippen molar-refractivity contribution in [1.29, 1.82) is 0 Å². The lowest BCUT2D eigenvalue weighted by Crippen LogP contribution is -2.25. The highest BCUT2D eigenvalue weighted by Crippen LogP contribution is 2.16. The standard InChI is InChI=1S/C6H4Cl2N4/c1-12-2-9-3-4(7)10-6(8)11-5(3)12/h2H,1H3/p+1. The minimum absolute atomic E-state index is 0.155. The third kappa shape index (κ3) is 1.04. The van der Waals surface area contributed by atoms with E-state index in [2.05, 4.69) is 15.0 Å². The lowest BCUT2D eigenvalue weighted by Gasteiger charge is -1.87. The van der Waals surface area contributed by atoms with Crippen molar-refractivity contribution in [3.8, 4) is 0 Å². The van der Waals surface area contributed by atoms with Crippen molar-refractivity contribution < 1.29 is 4.57 Å². The van der Waals surface area contributed by atoms with E-state index in [0.29, 0.717) is 16.3 Å². The SMILES string of the molecule is C[n+]1c[nH]c2c(Cl)nc(Cl)nc21. The maximum absolute atomic E-state index is 5.80. The van der Waals surface area contributed by atoms with Crippen LogP contribution in [0.1, 0.15) is 0 Å². The number of aromatic nitrogens is 4. The fourth-order valence-corrected chi connectivity index (χ4v) is 1.43. The van der Waals surface area contributed by atoms with Crippen molar-refractivity contribution in [2.45, 2.75) is 0 Å². The Balaban J connectivity index is 2.92. The Morgan fingerprint density at radius 1 is 1.42 bits per heavy atom. The molecule has 0 saturated heterocycles. The molecule has 0 bridgehead atoms. The Morgan fingerprint density at radius 2 is 2.17 bits per heavy atom. The van der Waals surface area contributed by atoms with Crippen molar-refractivity contribution in [3.05, 3.63) is 16.8 Å². The first kappa shape index (κ1) is 7.76. The molecule has 0 aliphatic heterocycles. The molecule has 0 unspecified atom stereocenters. The molecule has 4 nitrogen and oxygen atoms in total. The fraction of sp³-hybridized carbons (Fsp3) is 0.167. The molecule has 2 aromatic heterocycles. The first-order chi connectivity index (χ1) is 5.68. The molecule has 12 heavy (non-hydrogen) atoms. The zero-order chi connectivity index (χ0) is 8.72. The summed E-state index contributed by atoms with van der Waals surface area (Å²) in [6.45, 7) is 0. The summed E-state index contributed by atoms with van der Waals surface area (Å²) in [5.41, 5.74) is 1.39. The third-order valence-corrected chi connectivity index (χ3v) is 2.00. The highest BCUT2D eigenvalue weighted by Gasteiger charge is 2.14. The summed E-state index contributed by atoms with van der Waals surface area (Å²) in [4.78, 5) is 10.7. The molecule has 2 heterocycles. The van der Waals surface area contributed by atoms with E-state index in [1.807, 2.05) is 7.05 Å². The van der Waals surface area contributed by atoms with Gasteiger partial charge in [0, 0.05) is 0 Å². The van der Waals surface area contributed by atoms with Gasteiger partial charge in [-0.05, 0) is 11.6 Å². The van der Waals surface area contributed by atoms with Crippen LogP contribution in [0.15, 0.2) is 6.33 Å². The summed E-state index contributed by atoms with van der Waals surface area (Å²) in [5.74, 6) is 0. The van der Waals surface area contributed by atoms with E-state index >= 15 is 0 Å². The molecule has 0 fully saturated rings. The smallest absolute Gasteiger partial charge is 0.271 e. The summed E-state index contributed by atoms with van der Waals surface area (Å²) in [7, 11) is 1.85. The number of nitrogens with zero attached hydrogens (tertiary/aromatic N) is 3. The van der Waals surface area contributed by atoms with Crippen LogP contribution in [0.4, 0.5) is 0 Å². The Hall–Kier alpha value is -0.870. The van der Waals surface area contributed by atoms with Gasteiger partial charge in [0.2, 0.25) is 5.52 Å². The molecule has 0 radical (unpaired) electrons. The van der Waals surface area contributed by atoms with Gasteiger partial charge in [0.25, 0.3) is 0 Å². The molecule has 2 aromatic rings. The highest BCUT2D eigenvalue weighted by molar-refractivity contribution is 6.35. The number of hydrogen-bond donors (Lipinski definition) is 1. The van der Waals surface area contributed by atoms with E-state index in [-0.39, 0.29) is 5.28 Å². The predicted molar refractivity (Wildman–Crippen MR) is 45.1 cm³/mol. The molecule has 0 spiro atoms. The molecule has 2 rings (SSSR count). The largest absolute Gasteiger partial charge is 0.308 e. The van der Waals surface area contributed by atoms with Crippen LogP contribution in [-0.4, -0.2) is 15.0 Å². The Kier molecular flexibility index (Phi) is 1.66. The van der Waals surface area contributed by atoms with Crippen LogP contribution < -0.4 is 4.57 Å². The van der Waals surface area contributed by atoms with E-state index in [1.165, 1.54) is 0 Å². The topological polar surface area (TPSA) is 45.5 Å². The quantitative estimate of drug-likeness (QED) is 0.396. The summed E-state index contributed by atoms with van der Waals surface area (Å²) in [6, 6.07) is 0. The zero-order valence-electron chi connectivity index (χ0n) is 6.17. The van der Waals surface area contributed by atoms with Crippen molar-refractivity contribution in [3.63, 3.8) is 0 Å². The molecule has 0 atom stereocenters. The number of rotatable bonds is 0. The van der Waals surface area contributed by atoms with Gasteiger partial charge in [-0.25, -0.2) is 4.57 Å². The number of halogens is 2. The first-order valence-electron chi connectivity index (χ1n) is 3.24. The second kappa shape index (κ2) is 2.57. The maximum Gasteiger partial charge on any atom is 0.308 e. The zero-order valence-corrected chi connectivity index (χ0v) is 7.69. The van der Waals surface area contributed by atoms with Gasteiger partial charge in [-0.3, -0.25) is 4.98 Å². The molecule has 0 aromatic carbocycles. The van der Waals surface area contributed by atoms with Crippen molar-refractivity contribution >= 4 is 34.4 Å². The van der Waals surface area contributed by atoms with Gasteiger partial charge in [0.1, 0.15) is 0 Å². The first-order valence-corrected chi connectivity index (χ1v) is 4.00. The van der Waals surface area contributed by atoms with Crippen LogP contribution in [0.5, 0.6) is 0 Å². The van der Waals surface area contributed by atoms with Gasteiger partial charge < -0.3 is 0 Å². The molecular formula is C6H5Cl2N4+. The number of H-pyrrole nitrogens is 1. The predicted octanol–water partition coefficient (Wildman–Crippen LogP) is 1.09. The maximum atomic E-state index is 5.80. The van der Waals surface area contributed by atoms with E-state index in [9.17, 15) is 0 Å². The average molecular weight is 204 g/mol. The molecule has 0 aliphatic carbocycles. The molecular weight excluding hydrogens is 199 g/mol. The van der Waals surface area contributed by atoms with Crippen LogP contribution >= 0.6 is 23.2 Å². The monoisotopic (exact) mass is 203 g/mol. The van der Waals surface area contributed by atoms with Gasteiger partial charge in [-0.1, -0.05) is 16.6 Å². The van der Waals surface area contributed by atoms with Crippen LogP contribution in [0.2, 0.25) is 10.4 Å². The molecule has 1 N–H and O–H groups in total. The average Bonchev–Trinajstić information content (AvgIpc) is 2.33. The van der Waals surface area contributed by atoms with Crippen LogP contribution in [0.25, 0.3) is 11.2 Å². The van der Waals surface area contributed by atoms with Gasteiger partial charge in [-0.2, -0.15) is 4.98 Å². The number of nitrogens with one attached hydrogen (secondary N) is 1. The molecule has 0 amide bonds. The van der Waals surface area contributed by atoms with Crippen molar-refractivity contribution in [2.24, 2.45) is 7.05 Å². The van der Waals surface area contributed by atoms with Gasteiger partial charge in [0.05, 0.1) is 7.05 Å². The number of imidazole rings is 1. The fourth-order valence-electron chi connectivity index (χ4n) is 0.999. The number of aromatic amines is 1. The van der Waals surface area contributed by atoms with Gasteiger partial charge >= 0.3 is 10.9 Å². The lowest BCUT2D eigenvalue weighted by atomic mass is 10.5. The summed E-state index contributed by atoms with van der Waals surface area (Å²) >= 11 is 11.4. The normalized spacial score (nSPS) is 10.9. The van der Waals surface area contributed by atoms with Gasteiger partial charge in [0.15, 0.2) is 11.5 Å². The number of hydrogen-bond acceptors (Lipinski definition) is 2. The van der Waals surface area contributed by atoms with Crippen LogP contribution in [0.3, 0.4) is 0 Å². The second-order valence-corrected chi connectivity index (χ2v) is 3.06. The molecule has 0 aliphatic rings. The highest BCUT2D eigenvalue weighted by atomic mass is 35.5. The summed E-state index contributed by atoms with van der Waals surface area (Å²) < 4.78 is 1.79. The summed E-state index contributed by atoms with van der Waals surface area (Å²) in [6.07, 6.45) is 1.74. The van der Waals surface area contributed by atoms with E-state index in [4.69, 9.17) is 23.2 Å². The number of fused-ring (bicyclic) bond motifs is 1. The van der Waals surface area contributed by atoms with E-state index in [1.54, 1.807) is 10.9 Å². The molecule has 0 saturated carbocycles. The minimum Gasteiger partial charge on any atom is -0.271 e. The van der Waals surface area contributed by atoms with E-state index in [0.717, 1.165) is 0 Å². The van der Waals surface area contributed by atoms with Crippen LogP contribution in [-0.2, 0) is 7.05 Å².